The van der Waals surface area contributed by atoms with Gasteiger partial charge in [-0.3, -0.25) is 0 Å². The molecule has 1 aliphatic rings. The smallest absolute Gasteiger partial charge is 0.343 e. The predicted molar refractivity (Wildman–Crippen MR) is 132 cm³/mol. The summed E-state index contributed by atoms with van der Waals surface area (Å²) in [6, 6.07) is 16.4. The average Bonchev–Trinajstić information content (AvgIpc) is 2.90. The van der Waals surface area contributed by atoms with Crippen LogP contribution in [0.25, 0.3) is 11.4 Å². The molecule has 3 aromatic rings. The van der Waals surface area contributed by atoms with Crippen molar-refractivity contribution in [3.05, 3.63) is 71.9 Å². The number of anilines is 1. The number of benzene rings is 2. The summed E-state index contributed by atoms with van der Waals surface area (Å²) in [5.41, 5.74) is 2.05. The van der Waals surface area contributed by atoms with Crippen molar-refractivity contribution < 1.29 is 22.7 Å². The molecule has 4 rings (SSSR count). The van der Waals surface area contributed by atoms with Gasteiger partial charge in [0.1, 0.15) is 11.4 Å². The number of morpholine rings is 1. The number of carbonyl (C=O) groups is 1. The van der Waals surface area contributed by atoms with Crippen LogP contribution in [0.5, 0.6) is 0 Å². The molecule has 0 atom stereocenters. The third-order valence-corrected chi connectivity index (χ3v) is 7.47. The first-order chi connectivity index (χ1) is 17.0. The van der Waals surface area contributed by atoms with Crippen molar-refractivity contribution >= 4 is 21.8 Å². The fourth-order valence-electron chi connectivity index (χ4n) is 3.69. The van der Waals surface area contributed by atoms with E-state index in [4.69, 9.17) is 9.47 Å². The summed E-state index contributed by atoms with van der Waals surface area (Å²) in [7, 11) is -3.52. The molecular formula is C25H28N4O5S. The van der Waals surface area contributed by atoms with Gasteiger partial charge in [0.05, 0.1) is 24.7 Å². The van der Waals surface area contributed by atoms with E-state index in [9.17, 15) is 13.2 Å². The standard InChI is InChI=1S/C25H28N4O5S/c1-2-34-25(30)22-18-27-23(20-6-4-3-5-7-20)28-24(22)26-13-12-19-8-10-21(11-9-19)35(31,32)29-14-16-33-17-15-29/h3-11,18H,2,12-17H2,1H3,(H,26,27,28). The third kappa shape index (κ3) is 6.02. The highest BCUT2D eigenvalue weighted by Crippen LogP contribution is 2.21. The van der Waals surface area contributed by atoms with Crippen molar-refractivity contribution in [2.45, 2.75) is 18.2 Å². The lowest BCUT2D eigenvalue weighted by atomic mass is 10.1. The van der Waals surface area contributed by atoms with Crippen molar-refractivity contribution in [1.82, 2.24) is 14.3 Å². The minimum atomic E-state index is -3.52. The number of rotatable bonds is 9. The largest absolute Gasteiger partial charge is 0.462 e. The maximum absolute atomic E-state index is 12.8. The van der Waals surface area contributed by atoms with E-state index >= 15 is 0 Å². The van der Waals surface area contributed by atoms with Gasteiger partial charge in [-0.1, -0.05) is 42.5 Å². The number of nitrogens with one attached hydrogen (secondary N) is 1. The Hall–Kier alpha value is -3.34. The number of aromatic nitrogens is 2. The molecule has 0 aliphatic carbocycles. The van der Waals surface area contributed by atoms with Crippen molar-refractivity contribution in [2.75, 3.05) is 44.8 Å². The van der Waals surface area contributed by atoms with Gasteiger partial charge in [-0.15, -0.1) is 0 Å². The van der Waals surface area contributed by atoms with E-state index in [1.807, 2.05) is 30.3 Å². The Labute approximate surface area is 205 Å². The number of nitrogens with zero attached hydrogens (tertiary/aromatic N) is 3. The minimum absolute atomic E-state index is 0.248. The molecule has 1 N–H and O–H groups in total. The summed E-state index contributed by atoms with van der Waals surface area (Å²) in [5, 5.41) is 3.22. The predicted octanol–water partition coefficient (Wildman–Crippen LogP) is 3.00. The fraction of sp³-hybridized carbons (Fsp3) is 0.320. The Kier molecular flexibility index (Phi) is 8.06. The molecule has 0 amide bonds. The Morgan fingerprint density at radius 1 is 1.09 bits per heavy atom. The zero-order chi connectivity index (χ0) is 24.7. The SMILES string of the molecule is CCOC(=O)c1cnc(-c2ccccc2)nc1NCCc1ccc(S(=O)(=O)N2CCOCC2)cc1. The lowest BCUT2D eigenvalue weighted by Crippen LogP contribution is -2.40. The first kappa shape index (κ1) is 24.8. The van der Waals surface area contributed by atoms with Gasteiger partial charge < -0.3 is 14.8 Å². The second-order valence-electron chi connectivity index (χ2n) is 7.88. The average molecular weight is 497 g/mol. The number of carbonyl (C=O) groups excluding carboxylic acids is 1. The molecule has 0 bridgehead atoms. The maximum atomic E-state index is 12.8. The van der Waals surface area contributed by atoms with Gasteiger partial charge in [-0.05, 0) is 31.0 Å². The molecule has 0 unspecified atom stereocenters. The van der Waals surface area contributed by atoms with E-state index < -0.39 is 16.0 Å². The molecule has 1 saturated heterocycles. The number of esters is 1. The summed E-state index contributed by atoms with van der Waals surface area (Å²) >= 11 is 0. The van der Waals surface area contributed by atoms with E-state index in [-0.39, 0.29) is 17.1 Å². The van der Waals surface area contributed by atoms with Gasteiger partial charge in [0.25, 0.3) is 0 Å². The summed E-state index contributed by atoms with van der Waals surface area (Å²) in [6.45, 7) is 4.01. The van der Waals surface area contributed by atoms with Crippen LogP contribution in [0.4, 0.5) is 5.82 Å². The van der Waals surface area contributed by atoms with Crippen LogP contribution in [0, 0.1) is 0 Å². The van der Waals surface area contributed by atoms with Gasteiger partial charge in [-0.25, -0.2) is 23.2 Å². The van der Waals surface area contributed by atoms with Crippen LogP contribution >= 0.6 is 0 Å². The van der Waals surface area contributed by atoms with Crippen LogP contribution in [0.2, 0.25) is 0 Å². The summed E-state index contributed by atoms with van der Waals surface area (Å²) in [4.78, 5) is 21.6. The van der Waals surface area contributed by atoms with E-state index in [0.717, 1.165) is 11.1 Å². The molecule has 9 nitrogen and oxygen atoms in total. The maximum Gasteiger partial charge on any atom is 0.343 e. The molecule has 184 valence electrons. The van der Waals surface area contributed by atoms with Crippen LogP contribution in [0.15, 0.2) is 65.7 Å². The van der Waals surface area contributed by atoms with Gasteiger partial charge in [0.2, 0.25) is 10.0 Å². The summed E-state index contributed by atoms with van der Waals surface area (Å²) in [5.74, 6) is 0.398. The molecule has 35 heavy (non-hydrogen) atoms. The third-order valence-electron chi connectivity index (χ3n) is 5.55. The van der Waals surface area contributed by atoms with Crippen LogP contribution in [-0.4, -0.2) is 68.1 Å². The summed E-state index contributed by atoms with van der Waals surface area (Å²) in [6.07, 6.45) is 2.08. The molecule has 1 fully saturated rings. The van der Waals surface area contributed by atoms with Gasteiger partial charge in [-0.2, -0.15) is 4.31 Å². The highest BCUT2D eigenvalue weighted by molar-refractivity contribution is 7.89. The monoisotopic (exact) mass is 496 g/mol. The Balaban J connectivity index is 1.45. The van der Waals surface area contributed by atoms with Crippen molar-refractivity contribution in [2.24, 2.45) is 0 Å². The molecule has 0 spiro atoms. The van der Waals surface area contributed by atoms with Crippen molar-refractivity contribution in [1.29, 1.82) is 0 Å². The first-order valence-corrected chi connectivity index (χ1v) is 12.9. The zero-order valence-electron chi connectivity index (χ0n) is 19.5. The van der Waals surface area contributed by atoms with Gasteiger partial charge in [0.15, 0.2) is 5.82 Å². The van der Waals surface area contributed by atoms with E-state index in [0.29, 0.717) is 50.9 Å². The highest BCUT2D eigenvalue weighted by atomic mass is 32.2. The molecule has 0 saturated carbocycles. The number of hydrogen-bond acceptors (Lipinski definition) is 8. The summed E-state index contributed by atoms with van der Waals surface area (Å²) < 4.78 is 37.4. The molecule has 2 aromatic carbocycles. The molecule has 2 heterocycles. The van der Waals surface area contributed by atoms with E-state index in [1.165, 1.54) is 10.5 Å². The highest BCUT2D eigenvalue weighted by Gasteiger charge is 2.26. The molecule has 1 aromatic heterocycles. The van der Waals surface area contributed by atoms with Crippen molar-refractivity contribution in [3.8, 4) is 11.4 Å². The van der Waals surface area contributed by atoms with Gasteiger partial charge >= 0.3 is 5.97 Å². The Morgan fingerprint density at radius 2 is 1.80 bits per heavy atom. The number of ether oxygens (including phenoxy) is 2. The topological polar surface area (TPSA) is 111 Å². The minimum Gasteiger partial charge on any atom is -0.462 e. The van der Waals surface area contributed by atoms with Crippen LogP contribution < -0.4 is 5.32 Å². The van der Waals surface area contributed by atoms with E-state index in [1.54, 1.807) is 31.2 Å². The van der Waals surface area contributed by atoms with E-state index in [2.05, 4.69) is 15.3 Å². The lowest BCUT2D eigenvalue weighted by molar-refractivity contribution is 0.0526. The molecule has 1 aliphatic heterocycles. The second-order valence-corrected chi connectivity index (χ2v) is 9.82. The lowest BCUT2D eigenvalue weighted by Gasteiger charge is -2.26. The fourth-order valence-corrected chi connectivity index (χ4v) is 5.10. The number of sulfonamides is 1. The van der Waals surface area contributed by atoms with Crippen molar-refractivity contribution in [3.63, 3.8) is 0 Å². The van der Waals surface area contributed by atoms with Crippen LogP contribution in [0.3, 0.4) is 0 Å². The molecular weight excluding hydrogens is 468 g/mol. The van der Waals surface area contributed by atoms with Gasteiger partial charge in [0, 0.05) is 31.4 Å². The normalized spacial score (nSPS) is 14.4. The van der Waals surface area contributed by atoms with Crippen LogP contribution in [0.1, 0.15) is 22.8 Å². The second kappa shape index (κ2) is 11.4. The Bertz CT molecular complexity index is 1240. The Morgan fingerprint density at radius 3 is 2.49 bits per heavy atom. The molecule has 10 heteroatoms. The number of hydrogen-bond donors (Lipinski definition) is 1. The zero-order valence-corrected chi connectivity index (χ0v) is 20.3. The quantitative estimate of drug-likeness (QED) is 0.450. The van der Waals surface area contributed by atoms with Crippen LogP contribution in [-0.2, 0) is 25.9 Å². The first-order valence-electron chi connectivity index (χ1n) is 11.5. The molecule has 0 radical (unpaired) electrons.